The molecule has 1 aliphatic heterocycles. The van der Waals surface area contributed by atoms with Gasteiger partial charge in [0.05, 0.1) is 0 Å². The van der Waals surface area contributed by atoms with Crippen LogP contribution in [0.4, 0.5) is 24.8 Å². The third-order valence-electron chi connectivity index (χ3n) is 3.95. The van der Waals surface area contributed by atoms with Crippen molar-refractivity contribution in [2.45, 2.75) is 21.1 Å². The number of aromatic nitrogens is 2. The van der Waals surface area contributed by atoms with Gasteiger partial charge in [0, 0.05) is 0 Å². The van der Waals surface area contributed by atoms with Crippen LogP contribution in [0.2, 0.25) is 0 Å². The molecule has 0 saturated carbocycles. The van der Waals surface area contributed by atoms with Gasteiger partial charge in [-0.25, -0.2) is 0 Å². The number of anilines is 2. The molecule has 1 aliphatic rings. The van der Waals surface area contributed by atoms with Gasteiger partial charge >= 0.3 is 187 Å². The molecule has 1 amide bonds. The molecule has 1 unspecified atom stereocenters. The van der Waals surface area contributed by atoms with Crippen LogP contribution in [0, 0.1) is 11.3 Å². The first-order valence-electron chi connectivity index (χ1n) is 8.07. The molecule has 3 rings (SSSR count). The minimum absolute atomic E-state index is 0.00408. The summed E-state index contributed by atoms with van der Waals surface area (Å²) in [5.41, 5.74) is 4.98. The van der Waals surface area contributed by atoms with Crippen LogP contribution in [-0.4, -0.2) is 43.9 Å². The molecule has 4 N–H and O–H groups in total. The summed E-state index contributed by atoms with van der Waals surface area (Å²) in [6.45, 7) is 0. The van der Waals surface area contributed by atoms with E-state index in [2.05, 4.69) is 37.5 Å². The van der Waals surface area contributed by atoms with Crippen molar-refractivity contribution in [3.63, 3.8) is 0 Å². The van der Waals surface area contributed by atoms with E-state index in [1.807, 2.05) is 6.07 Å². The van der Waals surface area contributed by atoms with Crippen molar-refractivity contribution in [1.82, 2.24) is 15.3 Å². The Balaban J connectivity index is 1.92. The number of halogens is 3. The zero-order valence-electron chi connectivity index (χ0n) is 15.1. The standard InChI is InChI=1S/C17H12AsF3N6OS2/c1-29-12-9(7-22)13(27-15(23)26-12)30-16(4-5-24-16)14(28)25-11-6-8(17(19,20)21)2-3-10(11)18/h2-6,24H,1H3,(H,25,28)(H2,23,26,27). The Labute approximate surface area is 186 Å². The molecule has 0 saturated heterocycles. The predicted octanol–water partition coefficient (Wildman–Crippen LogP) is 2.01. The molecule has 2 aromatic rings. The van der Waals surface area contributed by atoms with Crippen LogP contribution in [0.1, 0.15) is 11.1 Å². The number of hydrogen-bond donors (Lipinski definition) is 3. The summed E-state index contributed by atoms with van der Waals surface area (Å²) in [4.78, 5) is 19.7. The number of carbonyl (C=O) groups excluding carboxylic acids is 1. The summed E-state index contributed by atoms with van der Waals surface area (Å²) in [5.74, 6) is -0.695. The number of alkyl halides is 3. The van der Waals surface area contributed by atoms with Gasteiger partial charge < -0.3 is 0 Å². The summed E-state index contributed by atoms with van der Waals surface area (Å²) >= 11 is 4.22. The molecule has 0 bridgehead atoms. The minimum atomic E-state index is -4.55. The number of benzene rings is 1. The number of thioether (sulfide) groups is 2. The number of nitriles is 1. The molecule has 7 nitrogen and oxygen atoms in total. The Morgan fingerprint density at radius 2 is 2.03 bits per heavy atom. The number of nitrogens with two attached hydrogens (primary N) is 1. The number of rotatable bonds is 5. The fourth-order valence-electron chi connectivity index (χ4n) is 2.42. The van der Waals surface area contributed by atoms with Crippen LogP contribution in [0.15, 0.2) is 40.5 Å². The van der Waals surface area contributed by atoms with Crippen LogP contribution < -0.4 is 20.7 Å². The Bertz CT molecular complexity index is 1090. The van der Waals surface area contributed by atoms with Crippen molar-refractivity contribution < 1.29 is 18.0 Å². The van der Waals surface area contributed by atoms with E-state index in [0.717, 1.165) is 23.9 Å². The van der Waals surface area contributed by atoms with E-state index in [4.69, 9.17) is 5.73 Å². The molecule has 0 spiro atoms. The number of nitrogens with zero attached hydrogens (tertiary/aromatic N) is 3. The summed E-state index contributed by atoms with van der Waals surface area (Å²) in [7, 11) is 0. The number of carbonyl (C=O) groups is 1. The van der Waals surface area contributed by atoms with E-state index in [1.54, 1.807) is 6.26 Å². The van der Waals surface area contributed by atoms with E-state index in [-0.39, 0.29) is 22.2 Å². The molecule has 154 valence electrons. The SMILES string of the molecule is CSc1nc(N)nc(SC2(C(=O)Nc3cc(C(F)(F)F)ccc3[As])C=CN2)c1C#N. The van der Waals surface area contributed by atoms with E-state index < -0.39 is 22.5 Å². The first-order valence-corrected chi connectivity index (χ1v) is 11.1. The van der Waals surface area contributed by atoms with Crippen molar-refractivity contribution in [2.75, 3.05) is 17.3 Å². The summed E-state index contributed by atoms with van der Waals surface area (Å²) in [6, 6.07) is 5.05. The molecule has 1 atom stereocenters. The third-order valence-corrected chi connectivity index (χ3v) is 6.70. The number of hydrogen-bond acceptors (Lipinski definition) is 8. The summed E-state index contributed by atoms with van der Waals surface area (Å²) in [5, 5.41) is 15.4. The Morgan fingerprint density at radius 3 is 2.57 bits per heavy atom. The number of nitrogen functional groups attached to an aromatic ring is 1. The molecule has 30 heavy (non-hydrogen) atoms. The van der Waals surface area contributed by atoms with Crippen molar-refractivity contribution in [3.05, 3.63) is 41.6 Å². The third kappa shape index (κ3) is 4.38. The average molecular weight is 512 g/mol. The topological polar surface area (TPSA) is 117 Å². The Morgan fingerprint density at radius 1 is 1.37 bits per heavy atom. The second-order valence-corrected chi connectivity index (χ2v) is 8.92. The average Bonchev–Trinajstić information content (AvgIpc) is 2.64. The van der Waals surface area contributed by atoms with Crippen LogP contribution in [-0.2, 0) is 11.0 Å². The van der Waals surface area contributed by atoms with Crippen molar-refractivity contribution in [3.8, 4) is 6.07 Å². The molecular formula is C17H12AsF3N6OS2. The quantitative estimate of drug-likeness (QED) is 0.317. The van der Waals surface area contributed by atoms with Gasteiger partial charge in [-0.3, -0.25) is 0 Å². The van der Waals surface area contributed by atoms with Gasteiger partial charge in [-0.05, 0) is 0 Å². The Kier molecular flexibility index (Phi) is 6.26. The van der Waals surface area contributed by atoms with Gasteiger partial charge in [0.1, 0.15) is 0 Å². The summed E-state index contributed by atoms with van der Waals surface area (Å²) < 4.78 is 39.5. The van der Waals surface area contributed by atoms with Crippen LogP contribution >= 0.6 is 23.5 Å². The molecular weight excluding hydrogens is 500 g/mol. The van der Waals surface area contributed by atoms with Crippen molar-refractivity contribution in [1.29, 1.82) is 5.26 Å². The second-order valence-electron chi connectivity index (χ2n) is 5.88. The zero-order chi connectivity index (χ0) is 22.1. The first-order chi connectivity index (χ1) is 14.1. The fourth-order valence-corrected chi connectivity index (χ4v) is 4.52. The van der Waals surface area contributed by atoms with E-state index >= 15 is 0 Å². The van der Waals surface area contributed by atoms with Gasteiger partial charge in [0.25, 0.3) is 0 Å². The fraction of sp³-hybridized carbons (Fsp3) is 0.176. The molecule has 0 fully saturated rings. The predicted molar refractivity (Wildman–Crippen MR) is 109 cm³/mol. The number of amides is 1. The van der Waals surface area contributed by atoms with Crippen LogP contribution in [0.3, 0.4) is 0 Å². The second kappa shape index (κ2) is 8.41. The van der Waals surface area contributed by atoms with Gasteiger partial charge in [-0.2, -0.15) is 0 Å². The van der Waals surface area contributed by atoms with Gasteiger partial charge in [0.15, 0.2) is 0 Å². The van der Waals surface area contributed by atoms with Crippen molar-refractivity contribution in [2.24, 2.45) is 0 Å². The maximum absolute atomic E-state index is 13.0. The molecule has 1 aromatic carbocycles. The Hall–Kier alpha value is -2.35. The van der Waals surface area contributed by atoms with Crippen molar-refractivity contribution >= 4 is 62.3 Å². The maximum atomic E-state index is 13.0. The molecule has 2 heterocycles. The first kappa shape index (κ1) is 22.3. The van der Waals surface area contributed by atoms with Crippen LogP contribution in [0.25, 0.3) is 0 Å². The summed E-state index contributed by atoms with van der Waals surface area (Å²) in [6.07, 6.45) is 0.196. The number of nitrogens with one attached hydrogen (secondary N) is 2. The molecule has 1 aromatic heterocycles. The van der Waals surface area contributed by atoms with E-state index in [0.29, 0.717) is 9.38 Å². The van der Waals surface area contributed by atoms with Crippen LogP contribution in [0.5, 0.6) is 0 Å². The zero-order valence-corrected chi connectivity index (χ0v) is 18.6. The van der Waals surface area contributed by atoms with Gasteiger partial charge in [0.2, 0.25) is 0 Å². The van der Waals surface area contributed by atoms with E-state index in [9.17, 15) is 23.2 Å². The normalized spacial score (nSPS) is 17.6. The molecule has 13 heteroatoms. The van der Waals surface area contributed by atoms with Gasteiger partial charge in [-0.15, -0.1) is 0 Å². The monoisotopic (exact) mass is 512 g/mol. The molecule has 2 radical (unpaired) electrons. The van der Waals surface area contributed by atoms with Gasteiger partial charge in [-0.1, -0.05) is 0 Å². The molecule has 0 aliphatic carbocycles. The van der Waals surface area contributed by atoms with E-state index in [1.165, 1.54) is 30.1 Å².